The number of para-hydroxylation sites is 1. The van der Waals surface area contributed by atoms with Crippen molar-refractivity contribution >= 4 is 12.4 Å². The van der Waals surface area contributed by atoms with Gasteiger partial charge in [0.25, 0.3) is 0 Å². The third kappa shape index (κ3) is 3.69. The van der Waals surface area contributed by atoms with E-state index in [1.807, 2.05) is 6.08 Å². The molecule has 0 spiro atoms. The Morgan fingerprint density at radius 2 is 2.11 bits per heavy atom. The Morgan fingerprint density at radius 3 is 2.74 bits per heavy atom. The van der Waals surface area contributed by atoms with Gasteiger partial charge >= 0.3 is 0 Å². The lowest BCUT2D eigenvalue weighted by atomic mass is 10.00. The molecular weight excluding hydrogens is 267 g/mol. The molecule has 1 aliphatic heterocycles. The molecule has 5 heteroatoms. The van der Waals surface area contributed by atoms with E-state index < -0.39 is 5.82 Å². The first-order chi connectivity index (χ1) is 8.74. The molecule has 19 heavy (non-hydrogen) atoms. The van der Waals surface area contributed by atoms with Gasteiger partial charge < -0.3 is 10.4 Å². The molecule has 0 radical (unpaired) electrons. The van der Waals surface area contributed by atoms with Crippen molar-refractivity contribution in [3.05, 3.63) is 42.2 Å². The largest absolute Gasteiger partial charge is 0.505 e. The Bertz CT molecular complexity index is 422. The highest BCUT2D eigenvalue weighted by molar-refractivity contribution is 5.85. The number of phenols is 1. The molecule has 2 rings (SSSR count). The highest BCUT2D eigenvalue weighted by Gasteiger charge is 2.24. The molecule has 1 atom stereocenters. The number of piperazine rings is 1. The van der Waals surface area contributed by atoms with Crippen molar-refractivity contribution in [2.75, 3.05) is 26.2 Å². The molecule has 2 N–H and O–H groups in total. The van der Waals surface area contributed by atoms with E-state index >= 15 is 0 Å². The van der Waals surface area contributed by atoms with Gasteiger partial charge in [0.2, 0.25) is 0 Å². The van der Waals surface area contributed by atoms with Gasteiger partial charge in [0.1, 0.15) is 0 Å². The van der Waals surface area contributed by atoms with Crippen molar-refractivity contribution in [3.8, 4) is 5.75 Å². The van der Waals surface area contributed by atoms with Gasteiger partial charge in [0.15, 0.2) is 11.6 Å². The van der Waals surface area contributed by atoms with Gasteiger partial charge in [-0.2, -0.15) is 0 Å². The van der Waals surface area contributed by atoms with Crippen LogP contribution < -0.4 is 5.32 Å². The second kappa shape index (κ2) is 7.48. The fourth-order valence-corrected chi connectivity index (χ4v) is 2.43. The zero-order valence-electron chi connectivity index (χ0n) is 10.8. The summed E-state index contributed by atoms with van der Waals surface area (Å²) in [4.78, 5) is 2.26. The second-order valence-electron chi connectivity index (χ2n) is 4.50. The van der Waals surface area contributed by atoms with E-state index in [1.54, 1.807) is 12.1 Å². The molecule has 1 saturated heterocycles. The standard InChI is InChI=1S/C14H19FN2O.ClH/c1-2-4-13(17-9-7-16-8-10-17)11-5-3-6-12(15)14(11)18;/h2-3,5-6,13,16,18H,1,4,7-10H2;1H/t13-;/m0./s1. The van der Waals surface area contributed by atoms with E-state index in [2.05, 4.69) is 16.8 Å². The van der Waals surface area contributed by atoms with E-state index in [0.29, 0.717) is 12.0 Å². The lowest BCUT2D eigenvalue weighted by Gasteiger charge is -2.35. The van der Waals surface area contributed by atoms with Gasteiger partial charge in [0, 0.05) is 37.8 Å². The minimum absolute atomic E-state index is 0. The molecule has 1 aromatic carbocycles. The van der Waals surface area contributed by atoms with Gasteiger partial charge in [-0.3, -0.25) is 4.90 Å². The van der Waals surface area contributed by atoms with Crippen LogP contribution in [-0.4, -0.2) is 36.2 Å². The molecule has 106 valence electrons. The normalized spacial score (nSPS) is 17.5. The Labute approximate surface area is 119 Å². The molecule has 0 amide bonds. The maximum absolute atomic E-state index is 13.4. The molecule has 0 unspecified atom stereocenters. The monoisotopic (exact) mass is 286 g/mol. The Hall–Kier alpha value is -1.10. The Kier molecular flexibility index (Phi) is 6.28. The van der Waals surface area contributed by atoms with Crippen LogP contribution in [-0.2, 0) is 0 Å². The van der Waals surface area contributed by atoms with Crippen molar-refractivity contribution in [2.45, 2.75) is 12.5 Å². The van der Waals surface area contributed by atoms with Gasteiger partial charge in [-0.25, -0.2) is 4.39 Å². The minimum Gasteiger partial charge on any atom is -0.505 e. The van der Waals surface area contributed by atoms with Crippen LogP contribution in [0.15, 0.2) is 30.9 Å². The number of halogens is 2. The first-order valence-electron chi connectivity index (χ1n) is 6.27. The minimum atomic E-state index is -0.559. The summed E-state index contributed by atoms with van der Waals surface area (Å²) in [6, 6.07) is 4.71. The zero-order chi connectivity index (χ0) is 13.0. The average molecular weight is 287 g/mol. The number of aromatic hydroxyl groups is 1. The summed E-state index contributed by atoms with van der Waals surface area (Å²) < 4.78 is 13.4. The first-order valence-corrected chi connectivity index (χ1v) is 6.27. The second-order valence-corrected chi connectivity index (χ2v) is 4.50. The van der Waals surface area contributed by atoms with Crippen LogP contribution in [0, 0.1) is 5.82 Å². The van der Waals surface area contributed by atoms with Gasteiger partial charge in [-0.1, -0.05) is 18.2 Å². The van der Waals surface area contributed by atoms with E-state index in [9.17, 15) is 9.50 Å². The molecule has 1 heterocycles. The van der Waals surface area contributed by atoms with Crippen molar-refractivity contribution < 1.29 is 9.50 Å². The number of phenolic OH excluding ortho intramolecular Hbond substituents is 1. The third-order valence-corrected chi connectivity index (χ3v) is 3.36. The molecular formula is C14H20ClFN2O. The number of hydrogen-bond donors (Lipinski definition) is 2. The lowest BCUT2D eigenvalue weighted by molar-refractivity contribution is 0.171. The van der Waals surface area contributed by atoms with E-state index in [1.165, 1.54) is 6.07 Å². The lowest BCUT2D eigenvalue weighted by Crippen LogP contribution is -2.45. The molecule has 3 nitrogen and oxygen atoms in total. The predicted octanol–water partition coefficient (Wildman–Crippen LogP) is 2.48. The molecule has 1 fully saturated rings. The number of rotatable bonds is 4. The summed E-state index contributed by atoms with van der Waals surface area (Å²) in [5.41, 5.74) is 0.650. The molecule has 1 aromatic rings. The van der Waals surface area contributed by atoms with E-state index in [4.69, 9.17) is 0 Å². The van der Waals surface area contributed by atoms with Crippen LogP contribution in [0.4, 0.5) is 4.39 Å². The summed E-state index contributed by atoms with van der Waals surface area (Å²) in [5, 5.41) is 13.2. The van der Waals surface area contributed by atoms with Crippen molar-refractivity contribution in [1.82, 2.24) is 10.2 Å². The summed E-state index contributed by atoms with van der Waals surface area (Å²) in [5.74, 6) is -0.792. The first kappa shape index (κ1) is 16.0. The average Bonchev–Trinajstić information content (AvgIpc) is 2.41. The number of nitrogens with one attached hydrogen (secondary N) is 1. The Balaban J connectivity index is 0.00000180. The molecule has 0 bridgehead atoms. The van der Waals surface area contributed by atoms with E-state index in [0.717, 1.165) is 26.2 Å². The third-order valence-electron chi connectivity index (χ3n) is 3.36. The van der Waals surface area contributed by atoms with Crippen LogP contribution in [0.2, 0.25) is 0 Å². The summed E-state index contributed by atoms with van der Waals surface area (Å²) in [7, 11) is 0. The van der Waals surface area contributed by atoms with Crippen molar-refractivity contribution in [1.29, 1.82) is 0 Å². The number of hydrogen-bond acceptors (Lipinski definition) is 3. The number of benzene rings is 1. The maximum Gasteiger partial charge on any atom is 0.165 e. The summed E-state index contributed by atoms with van der Waals surface area (Å²) in [6.45, 7) is 7.39. The molecule has 0 aromatic heterocycles. The summed E-state index contributed by atoms with van der Waals surface area (Å²) in [6.07, 6.45) is 2.52. The van der Waals surface area contributed by atoms with Crippen LogP contribution in [0.5, 0.6) is 5.75 Å². The van der Waals surface area contributed by atoms with Gasteiger partial charge in [0.05, 0.1) is 0 Å². The van der Waals surface area contributed by atoms with Crippen molar-refractivity contribution in [3.63, 3.8) is 0 Å². The Morgan fingerprint density at radius 1 is 1.42 bits per heavy atom. The van der Waals surface area contributed by atoms with Crippen LogP contribution in [0.25, 0.3) is 0 Å². The van der Waals surface area contributed by atoms with Crippen LogP contribution in [0.3, 0.4) is 0 Å². The van der Waals surface area contributed by atoms with Crippen LogP contribution >= 0.6 is 12.4 Å². The SMILES string of the molecule is C=CC[C@@H](c1cccc(F)c1O)N1CCNCC1.Cl. The molecule has 1 aliphatic rings. The summed E-state index contributed by atoms with van der Waals surface area (Å²) >= 11 is 0. The maximum atomic E-state index is 13.4. The van der Waals surface area contributed by atoms with Gasteiger partial charge in [-0.15, -0.1) is 19.0 Å². The van der Waals surface area contributed by atoms with Gasteiger partial charge in [-0.05, 0) is 12.5 Å². The fraction of sp³-hybridized carbons (Fsp3) is 0.429. The number of nitrogens with zero attached hydrogens (tertiary/aromatic N) is 1. The quantitative estimate of drug-likeness (QED) is 0.835. The molecule has 0 saturated carbocycles. The zero-order valence-corrected chi connectivity index (χ0v) is 11.6. The van der Waals surface area contributed by atoms with E-state index in [-0.39, 0.29) is 24.2 Å². The smallest absolute Gasteiger partial charge is 0.165 e. The highest BCUT2D eigenvalue weighted by atomic mass is 35.5. The molecule has 0 aliphatic carbocycles. The topological polar surface area (TPSA) is 35.5 Å². The fourth-order valence-electron chi connectivity index (χ4n) is 2.43. The predicted molar refractivity (Wildman–Crippen MR) is 77.3 cm³/mol. The highest BCUT2D eigenvalue weighted by Crippen LogP contribution is 2.33. The van der Waals surface area contributed by atoms with Crippen LogP contribution in [0.1, 0.15) is 18.0 Å². The van der Waals surface area contributed by atoms with Crippen molar-refractivity contribution in [2.24, 2.45) is 0 Å².